The van der Waals surface area contributed by atoms with Gasteiger partial charge in [0, 0.05) is 12.6 Å². The number of rotatable bonds is 8. The van der Waals surface area contributed by atoms with Crippen molar-refractivity contribution in [1.82, 2.24) is 5.32 Å². The molecule has 0 spiro atoms. The lowest BCUT2D eigenvalue weighted by molar-refractivity contribution is -0.173. The highest BCUT2D eigenvalue weighted by Crippen LogP contribution is 2.27. The maximum Gasteiger partial charge on any atom is 0.411 e. The summed E-state index contributed by atoms with van der Waals surface area (Å²) in [4.78, 5) is 0. The highest BCUT2D eigenvalue weighted by molar-refractivity contribution is 4.78. The van der Waals surface area contributed by atoms with Crippen molar-refractivity contribution < 1.29 is 17.9 Å². The van der Waals surface area contributed by atoms with Crippen LogP contribution < -0.4 is 5.32 Å². The Morgan fingerprint density at radius 1 is 1.21 bits per heavy atom. The summed E-state index contributed by atoms with van der Waals surface area (Å²) in [5.74, 6) is 0.745. The fourth-order valence-corrected chi connectivity index (χ4v) is 2.83. The molecule has 1 aliphatic rings. The Labute approximate surface area is 114 Å². The molecule has 2 nitrogen and oxygen atoms in total. The molecule has 1 rings (SSSR count). The van der Waals surface area contributed by atoms with E-state index in [9.17, 15) is 13.2 Å². The van der Waals surface area contributed by atoms with Crippen molar-refractivity contribution in [1.29, 1.82) is 0 Å². The van der Waals surface area contributed by atoms with Gasteiger partial charge in [-0.15, -0.1) is 0 Å². The molecule has 1 N–H and O–H groups in total. The Balaban J connectivity index is 2.06. The molecular weight excluding hydrogens is 255 g/mol. The summed E-state index contributed by atoms with van der Waals surface area (Å²) < 4.78 is 40.1. The first-order chi connectivity index (χ1) is 9.03. The van der Waals surface area contributed by atoms with Gasteiger partial charge in [0.05, 0.1) is 0 Å². The van der Waals surface area contributed by atoms with Crippen LogP contribution in [0, 0.1) is 5.92 Å². The highest BCUT2D eigenvalue weighted by Gasteiger charge is 2.27. The molecule has 0 heterocycles. The minimum Gasteiger partial charge on any atom is -0.372 e. The standard InChI is InChI=1S/C14H26F3NO/c1-2-13(12-7-4-3-5-8-12)18-9-6-10-19-11-14(15,16)17/h12-13,18H,2-11H2,1H3. The molecule has 0 aromatic heterocycles. The third kappa shape index (κ3) is 7.78. The lowest BCUT2D eigenvalue weighted by Crippen LogP contribution is -2.37. The summed E-state index contributed by atoms with van der Waals surface area (Å²) in [7, 11) is 0. The van der Waals surface area contributed by atoms with E-state index in [-0.39, 0.29) is 6.61 Å². The van der Waals surface area contributed by atoms with Crippen LogP contribution in [0.3, 0.4) is 0 Å². The molecule has 0 amide bonds. The van der Waals surface area contributed by atoms with Gasteiger partial charge in [0.25, 0.3) is 0 Å². The van der Waals surface area contributed by atoms with Gasteiger partial charge in [-0.05, 0) is 38.1 Å². The summed E-state index contributed by atoms with van der Waals surface area (Å²) >= 11 is 0. The topological polar surface area (TPSA) is 21.3 Å². The largest absolute Gasteiger partial charge is 0.411 e. The molecule has 0 aromatic carbocycles. The van der Waals surface area contributed by atoms with Gasteiger partial charge < -0.3 is 10.1 Å². The van der Waals surface area contributed by atoms with Gasteiger partial charge in [-0.1, -0.05) is 26.2 Å². The molecular formula is C14H26F3NO. The smallest absolute Gasteiger partial charge is 0.372 e. The van der Waals surface area contributed by atoms with Gasteiger partial charge in [0.15, 0.2) is 0 Å². The molecule has 1 aliphatic carbocycles. The van der Waals surface area contributed by atoms with Gasteiger partial charge in [-0.3, -0.25) is 0 Å². The highest BCUT2D eigenvalue weighted by atomic mass is 19.4. The maximum absolute atomic E-state index is 11.8. The summed E-state index contributed by atoms with van der Waals surface area (Å²) in [6.07, 6.45) is 4.08. The predicted octanol–water partition coefficient (Wildman–Crippen LogP) is 3.90. The molecule has 1 unspecified atom stereocenters. The van der Waals surface area contributed by atoms with E-state index in [4.69, 9.17) is 0 Å². The van der Waals surface area contributed by atoms with E-state index in [2.05, 4.69) is 17.0 Å². The number of hydrogen-bond acceptors (Lipinski definition) is 2. The second kappa shape index (κ2) is 8.80. The zero-order valence-electron chi connectivity index (χ0n) is 11.8. The van der Waals surface area contributed by atoms with Crippen molar-refractivity contribution in [3.8, 4) is 0 Å². The van der Waals surface area contributed by atoms with E-state index < -0.39 is 12.8 Å². The molecule has 0 radical (unpaired) electrons. The average Bonchev–Trinajstić information content (AvgIpc) is 2.38. The zero-order chi connectivity index (χ0) is 14.1. The van der Waals surface area contributed by atoms with Crippen LogP contribution in [0.4, 0.5) is 13.2 Å². The molecule has 5 heteroatoms. The van der Waals surface area contributed by atoms with Gasteiger partial charge >= 0.3 is 6.18 Å². The minimum atomic E-state index is -4.21. The summed E-state index contributed by atoms with van der Waals surface area (Å²) in [6.45, 7) is 1.96. The zero-order valence-corrected chi connectivity index (χ0v) is 11.8. The van der Waals surface area contributed by atoms with Crippen molar-refractivity contribution in [2.45, 2.75) is 64.1 Å². The van der Waals surface area contributed by atoms with Crippen molar-refractivity contribution in [3.05, 3.63) is 0 Å². The summed E-state index contributed by atoms with van der Waals surface area (Å²) in [6, 6.07) is 0.517. The first kappa shape index (κ1) is 16.8. The second-order valence-electron chi connectivity index (χ2n) is 5.39. The molecule has 0 bridgehead atoms. The quantitative estimate of drug-likeness (QED) is 0.681. The third-order valence-electron chi connectivity index (χ3n) is 3.80. The lowest BCUT2D eigenvalue weighted by Gasteiger charge is -2.30. The molecule has 1 saturated carbocycles. The second-order valence-corrected chi connectivity index (χ2v) is 5.39. The van der Waals surface area contributed by atoms with Crippen molar-refractivity contribution >= 4 is 0 Å². The van der Waals surface area contributed by atoms with Crippen LogP contribution in [-0.2, 0) is 4.74 Å². The first-order valence-electron chi connectivity index (χ1n) is 7.41. The van der Waals surface area contributed by atoms with E-state index in [1.54, 1.807) is 0 Å². The van der Waals surface area contributed by atoms with Gasteiger partial charge in [0.1, 0.15) is 6.61 Å². The number of nitrogens with one attached hydrogen (secondary N) is 1. The Morgan fingerprint density at radius 3 is 2.47 bits per heavy atom. The molecule has 1 fully saturated rings. The van der Waals surface area contributed by atoms with E-state index in [0.717, 1.165) is 18.9 Å². The van der Waals surface area contributed by atoms with Gasteiger partial charge in [-0.25, -0.2) is 0 Å². The van der Waals surface area contributed by atoms with Crippen LogP contribution in [0.2, 0.25) is 0 Å². The van der Waals surface area contributed by atoms with Gasteiger partial charge in [0.2, 0.25) is 0 Å². The van der Waals surface area contributed by atoms with Crippen LogP contribution in [0.15, 0.2) is 0 Å². The number of hydrogen-bond donors (Lipinski definition) is 1. The average molecular weight is 281 g/mol. The maximum atomic E-state index is 11.8. The van der Waals surface area contributed by atoms with Crippen molar-refractivity contribution in [2.75, 3.05) is 19.8 Å². The van der Waals surface area contributed by atoms with Gasteiger partial charge in [-0.2, -0.15) is 13.2 Å². The first-order valence-corrected chi connectivity index (χ1v) is 7.41. The fraction of sp³-hybridized carbons (Fsp3) is 1.00. The van der Waals surface area contributed by atoms with Crippen LogP contribution in [-0.4, -0.2) is 32.0 Å². The van der Waals surface area contributed by atoms with Crippen LogP contribution in [0.1, 0.15) is 51.9 Å². The van der Waals surface area contributed by atoms with Crippen molar-refractivity contribution in [2.24, 2.45) is 5.92 Å². The van der Waals surface area contributed by atoms with E-state index in [0.29, 0.717) is 12.5 Å². The molecule has 0 saturated heterocycles. The number of ether oxygens (including phenoxy) is 1. The Bertz CT molecular complexity index is 227. The SMILES string of the molecule is CCC(NCCCOCC(F)(F)F)C1CCCCC1. The van der Waals surface area contributed by atoms with Crippen LogP contribution in [0.5, 0.6) is 0 Å². The third-order valence-corrected chi connectivity index (χ3v) is 3.80. The van der Waals surface area contributed by atoms with E-state index in [1.165, 1.54) is 32.1 Å². The normalized spacial score (nSPS) is 19.6. The fourth-order valence-electron chi connectivity index (χ4n) is 2.83. The van der Waals surface area contributed by atoms with Crippen LogP contribution in [0.25, 0.3) is 0 Å². The Morgan fingerprint density at radius 2 is 1.89 bits per heavy atom. The molecule has 0 aromatic rings. The Hall–Kier alpha value is -0.290. The Kier molecular flexibility index (Phi) is 7.76. The van der Waals surface area contributed by atoms with Crippen molar-refractivity contribution in [3.63, 3.8) is 0 Å². The molecule has 1 atom stereocenters. The molecule has 0 aliphatic heterocycles. The molecule has 114 valence electrons. The van der Waals surface area contributed by atoms with Crippen LogP contribution >= 0.6 is 0 Å². The monoisotopic (exact) mass is 281 g/mol. The predicted molar refractivity (Wildman–Crippen MR) is 70.1 cm³/mol. The van der Waals surface area contributed by atoms with E-state index in [1.807, 2.05) is 0 Å². The minimum absolute atomic E-state index is 0.174. The lowest BCUT2D eigenvalue weighted by atomic mass is 9.83. The van der Waals surface area contributed by atoms with E-state index >= 15 is 0 Å². The summed E-state index contributed by atoms with van der Waals surface area (Å²) in [5, 5.41) is 3.48. The molecule has 19 heavy (non-hydrogen) atoms. The number of alkyl halides is 3. The number of halogens is 3. The summed E-state index contributed by atoms with van der Waals surface area (Å²) in [5.41, 5.74) is 0.